The first-order chi connectivity index (χ1) is 12.2. The molecule has 1 aromatic carbocycles. The summed E-state index contributed by atoms with van der Waals surface area (Å²) in [5, 5.41) is 5.54. The Morgan fingerprint density at radius 3 is 2.19 bits per heavy atom. The number of nitrogens with one attached hydrogen (secondary N) is 2. The topological polar surface area (TPSA) is 89.5 Å². The molecule has 2 rings (SSSR count). The van der Waals surface area contributed by atoms with Crippen LogP contribution in [0.4, 0.5) is 5.69 Å². The van der Waals surface area contributed by atoms with E-state index in [0.717, 1.165) is 0 Å². The highest BCUT2D eigenvalue weighted by Crippen LogP contribution is 2.29. The molecule has 0 aliphatic heterocycles. The summed E-state index contributed by atoms with van der Waals surface area (Å²) in [6, 6.07) is 9.76. The summed E-state index contributed by atoms with van der Waals surface area (Å²) in [5.74, 6) is 0.284. The highest BCUT2D eigenvalue weighted by Gasteiger charge is 2.18. The second kappa shape index (κ2) is 7.86. The number of aromatic nitrogens is 1. The predicted octanol–water partition coefficient (Wildman–Crippen LogP) is 2.88. The second-order valence-electron chi connectivity index (χ2n) is 6.63. The lowest BCUT2D eigenvalue weighted by Gasteiger charge is -2.20. The Labute approximate surface area is 152 Å². The van der Waals surface area contributed by atoms with E-state index < -0.39 is 11.4 Å². The van der Waals surface area contributed by atoms with E-state index in [4.69, 9.17) is 9.47 Å². The third kappa shape index (κ3) is 4.95. The molecule has 0 saturated heterocycles. The van der Waals surface area contributed by atoms with Crippen LogP contribution in [0.5, 0.6) is 11.5 Å². The third-order valence-electron chi connectivity index (χ3n) is 3.36. The Bertz CT molecular complexity index is 813. The highest BCUT2D eigenvalue weighted by molar-refractivity contribution is 6.04. The molecule has 0 bridgehead atoms. The standard InChI is InChI=1S/C19H23N3O4/c1-19(2,3)22-18(24)15-8-6-7-14(20-15)17(23)21-13-10-9-12(25-4)11-16(13)26-5/h6-11H,1-5H3,(H,21,23)(H,22,24). The van der Waals surface area contributed by atoms with Gasteiger partial charge in [-0.25, -0.2) is 4.98 Å². The van der Waals surface area contributed by atoms with Crippen LogP contribution < -0.4 is 20.1 Å². The van der Waals surface area contributed by atoms with Gasteiger partial charge in [0.25, 0.3) is 11.8 Å². The molecule has 2 N–H and O–H groups in total. The largest absolute Gasteiger partial charge is 0.497 e. The summed E-state index contributed by atoms with van der Waals surface area (Å²) in [4.78, 5) is 28.9. The van der Waals surface area contributed by atoms with E-state index >= 15 is 0 Å². The third-order valence-corrected chi connectivity index (χ3v) is 3.36. The van der Waals surface area contributed by atoms with Crippen LogP contribution in [0.2, 0.25) is 0 Å². The molecule has 0 spiro atoms. The van der Waals surface area contributed by atoms with Gasteiger partial charge in [0, 0.05) is 11.6 Å². The van der Waals surface area contributed by atoms with Gasteiger partial charge in [-0.2, -0.15) is 0 Å². The molecule has 0 radical (unpaired) electrons. The molecule has 1 heterocycles. The lowest BCUT2D eigenvalue weighted by molar-refractivity contribution is 0.0914. The Kier molecular flexibility index (Phi) is 5.82. The lowest BCUT2D eigenvalue weighted by Crippen LogP contribution is -2.41. The van der Waals surface area contributed by atoms with Crippen molar-refractivity contribution in [1.29, 1.82) is 0 Å². The predicted molar refractivity (Wildman–Crippen MR) is 99.0 cm³/mol. The number of benzene rings is 1. The number of amides is 2. The molecule has 0 atom stereocenters. The van der Waals surface area contributed by atoms with Crippen molar-refractivity contribution in [3.63, 3.8) is 0 Å². The smallest absolute Gasteiger partial charge is 0.274 e. The Morgan fingerprint density at radius 1 is 0.962 bits per heavy atom. The van der Waals surface area contributed by atoms with Crippen molar-refractivity contribution in [1.82, 2.24) is 10.3 Å². The molecular formula is C19H23N3O4. The van der Waals surface area contributed by atoms with E-state index in [2.05, 4.69) is 15.6 Å². The maximum absolute atomic E-state index is 12.5. The molecule has 2 amide bonds. The maximum atomic E-state index is 12.5. The molecule has 0 aliphatic carbocycles. The van der Waals surface area contributed by atoms with Crippen LogP contribution >= 0.6 is 0 Å². The summed E-state index contributed by atoms with van der Waals surface area (Å²) in [6.07, 6.45) is 0. The maximum Gasteiger partial charge on any atom is 0.274 e. The van der Waals surface area contributed by atoms with Crippen LogP contribution in [0, 0.1) is 0 Å². The molecule has 0 aliphatic rings. The van der Waals surface area contributed by atoms with Crippen molar-refractivity contribution in [2.45, 2.75) is 26.3 Å². The number of methoxy groups -OCH3 is 2. The number of ether oxygens (including phenoxy) is 2. The molecule has 2 aromatic rings. The van der Waals surface area contributed by atoms with Gasteiger partial charge in [-0.05, 0) is 45.0 Å². The van der Waals surface area contributed by atoms with Gasteiger partial charge in [0.1, 0.15) is 22.9 Å². The minimum atomic E-state index is -0.445. The minimum absolute atomic E-state index is 0.129. The van der Waals surface area contributed by atoms with E-state index in [1.54, 1.807) is 43.5 Å². The normalized spacial score (nSPS) is 10.8. The van der Waals surface area contributed by atoms with Gasteiger partial charge in [-0.15, -0.1) is 0 Å². The first-order valence-electron chi connectivity index (χ1n) is 8.06. The first kappa shape index (κ1) is 19.2. The summed E-state index contributed by atoms with van der Waals surface area (Å²) >= 11 is 0. The molecule has 7 heteroatoms. The molecule has 138 valence electrons. The monoisotopic (exact) mass is 357 g/mol. The summed E-state index contributed by atoms with van der Waals surface area (Å²) < 4.78 is 10.4. The quantitative estimate of drug-likeness (QED) is 0.859. The molecule has 26 heavy (non-hydrogen) atoms. The van der Waals surface area contributed by atoms with Crippen molar-refractivity contribution >= 4 is 17.5 Å². The Balaban J connectivity index is 2.20. The van der Waals surface area contributed by atoms with Crippen LogP contribution in [0.3, 0.4) is 0 Å². The van der Waals surface area contributed by atoms with E-state index in [1.165, 1.54) is 7.11 Å². The average Bonchev–Trinajstić information content (AvgIpc) is 2.60. The average molecular weight is 357 g/mol. The fraction of sp³-hybridized carbons (Fsp3) is 0.316. The van der Waals surface area contributed by atoms with Crippen molar-refractivity contribution in [3.8, 4) is 11.5 Å². The van der Waals surface area contributed by atoms with Crippen LogP contribution in [0.15, 0.2) is 36.4 Å². The van der Waals surface area contributed by atoms with Crippen molar-refractivity contribution in [2.24, 2.45) is 0 Å². The Morgan fingerprint density at radius 2 is 1.62 bits per heavy atom. The number of nitrogens with zero attached hydrogens (tertiary/aromatic N) is 1. The highest BCUT2D eigenvalue weighted by atomic mass is 16.5. The zero-order valence-corrected chi connectivity index (χ0v) is 15.5. The second-order valence-corrected chi connectivity index (χ2v) is 6.63. The van der Waals surface area contributed by atoms with Crippen LogP contribution in [-0.4, -0.2) is 36.6 Å². The van der Waals surface area contributed by atoms with Gasteiger partial charge in [0.15, 0.2) is 0 Å². The van der Waals surface area contributed by atoms with E-state index in [0.29, 0.717) is 17.2 Å². The van der Waals surface area contributed by atoms with Crippen molar-refractivity contribution in [3.05, 3.63) is 47.8 Å². The van der Waals surface area contributed by atoms with Gasteiger partial charge in [0.05, 0.1) is 19.9 Å². The first-order valence-corrected chi connectivity index (χ1v) is 8.06. The Hall–Kier alpha value is -3.09. The number of carbonyl (C=O) groups is 2. The number of anilines is 1. The van der Waals surface area contributed by atoms with Gasteiger partial charge >= 0.3 is 0 Å². The molecule has 0 saturated carbocycles. The molecule has 7 nitrogen and oxygen atoms in total. The summed E-state index contributed by atoms with van der Waals surface area (Å²) in [7, 11) is 3.05. The van der Waals surface area contributed by atoms with Gasteiger partial charge < -0.3 is 20.1 Å². The molecular weight excluding hydrogens is 334 g/mol. The van der Waals surface area contributed by atoms with Gasteiger partial charge in [-0.3, -0.25) is 9.59 Å². The minimum Gasteiger partial charge on any atom is -0.497 e. The zero-order chi connectivity index (χ0) is 19.3. The summed E-state index contributed by atoms with van der Waals surface area (Å²) in [6.45, 7) is 5.62. The van der Waals surface area contributed by atoms with Crippen LogP contribution in [-0.2, 0) is 0 Å². The van der Waals surface area contributed by atoms with Crippen LogP contribution in [0.1, 0.15) is 41.7 Å². The molecule has 1 aromatic heterocycles. The molecule has 0 fully saturated rings. The number of carbonyl (C=O) groups excluding carboxylic acids is 2. The van der Waals surface area contributed by atoms with Crippen LogP contribution in [0.25, 0.3) is 0 Å². The number of rotatable bonds is 5. The van der Waals surface area contributed by atoms with Crippen molar-refractivity contribution in [2.75, 3.05) is 19.5 Å². The number of pyridine rings is 1. The van der Waals surface area contributed by atoms with E-state index in [1.807, 2.05) is 20.8 Å². The van der Waals surface area contributed by atoms with E-state index in [9.17, 15) is 9.59 Å². The van der Waals surface area contributed by atoms with Gasteiger partial charge in [-0.1, -0.05) is 6.07 Å². The fourth-order valence-corrected chi connectivity index (χ4v) is 2.18. The van der Waals surface area contributed by atoms with E-state index in [-0.39, 0.29) is 17.3 Å². The lowest BCUT2D eigenvalue weighted by atomic mass is 10.1. The number of hydrogen-bond donors (Lipinski definition) is 2. The fourth-order valence-electron chi connectivity index (χ4n) is 2.18. The number of hydrogen-bond acceptors (Lipinski definition) is 5. The van der Waals surface area contributed by atoms with Crippen molar-refractivity contribution < 1.29 is 19.1 Å². The molecule has 0 unspecified atom stereocenters. The summed E-state index contributed by atoms with van der Waals surface area (Å²) in [5.41, 5.74) is 0.386. The zero-order valence-electron chi connectivity index (χ0n) is 15.5. The SMILES string of the molecule is COc1ccc(NC(=O)c2cccc(C(=O)NC(C)(C)C)n2)c(OC)c1. The van der Waals surface area contributed by atoms with Gasteiger partial charge in [0.2, 0.25) is 0 Å².